The second-order valence-electron chi connectivity index (χ2n) is 4.21. The molecule has 3 nitrogen and oxygen atoms in total. The van der Waals surface area contributed by atoms with Gasteiger partial charge in [-0.3, -0.25) is 9.79 Å². The molecular formula is C14H19NO2. The highest BCUT2D eigenvalue weighted by molar-refractivity contribution is 6.00. The Hall–Kier alpha value is -1.48. The first kappa shape index (κ1) is 13.6. The van der Waals surface area contributed by atoms with Gasteiger partial charge in [0.05, 0.1) is 11.8 Å². The van der Waals surface area contributed by atoms with Crippen LogP contribution in [-0.2, 0) is 4.79 Å². The van der Waals surface area contributed by atoms with Gasteiger partial charge in [0.15, 0.2) is 0 Å². The van der Waals surface area contributed by atoms with Gasteiger partial charge in [-0.2, -0.15) is 0 Å². The van der Waals surface area contributed by atoms with Crippen LogP contribution in [0.25, 0.3) is 0 Å². The molecular weight excluding hydrogens is 214 g/mol. The summed E-state index contributed by atoms with van der Waals surface area (Å²) < 4.78 is 0. The molecule has 0 heterocycles. The zero-order valence-electron chi connectivity index (χ0n) is 10.6. The van der Waals surface area contributed by atoms with Gasteiger partial charge in [-0.1, -0.05) is 25.1 Å². The molecule has 0 spiro atoms. The first-order valence-corrected chi connectivity index (χ1v) is 5.85. The van der Waals surface area contributed by atoms with Crippen molar-refractivity contribution >= 4 is 17.2 Å². The molecule has 1 unspecified atom stereocenters. The van der Waals surface area contributed by atoms with Gasteiger partial charge in [-0.25, -0.2) is 0 Å². The van der Waals surface area contributed by atoms with E-state index in [-0.39, 0.29) is 5.78 Å². The zero-order valence-corrected chi connectivity index (χ0v) is 10.6. The van der Waals surface area contributed by atoms with E-state index in [4.69, 9.17) is 0 Å². The Morgan fingerprint density at radius 1 is 1.35 bits per heavy atom. The maximum atomic E-state index is 11.0. The summed E-state index contributed by atoms with van der Waals surface area (Å²) in [4.78, 5) is 15.4. The summed E-state index contributed by atoms with van der Waals surface area (Å²) in [5.41, 5.74) is 2.34. The molecule has 0 aliphatic carbocycles. The number of aliphatic hydroxyl groups is 1. The Morgan fingerprint density at radius 2 is 2.00 bits per heavy atom. The van der Waals surface area contributed by atoms with Crippen LogP contribution in [0.15, 0.2) is 29.3 Å². The number of carbonyl (C=O) groups is 1. The second kappa shape index (κ2) is 6.30. The topological polar surface area (TPSA) is 49.7 Å². The fourth-order valence-corrected chi connectivity index (χ4v) is 1.70. The minimum Gasteiger partial charge on any atom is -0.388 e. The maximum Gasteiger partial charge on any atom is 0.135 e. The van der Waals surface area contributed by atoms with E-state index in [1.807, 2.05) is 38.1 Å². The summed E-state index contributed by atoms with van der Waals surface area (Å²) in [6.45, 7) is 5.30. The molecule has 0 amide bonds. The van der Waals surface area contributed by atoms with Gasteiger partial charge in [-0.05, 0) is 26.3 Å². The van der Waals surface area contributed by atoms with Crippen molar-refractivity contribution in [3.05, 3.63) is 29.8 Å². The van der Waals surface area contributed by atoms with E-state index in [9.17, 15) is 9.90 Å². The Labute approximate surface area is 102 Å². The molecule has 1 N–H and O–H groups in total. The van der Waals surface area contributed by atoms with Gasteiger partial charge in [-0.15, -0.1) is 0 Å². The van der Waals surface area contributed by atoms with Crippen molar-refractivity contribution in [2.24, 2.45) is 4.99 Å². The molecule has 3 heteroatoms. The summed E-state index contributed by atoms with van der Waals surface area (Å²) in [5, 5.41) is 9.87. The Balaban J connectivity index is 3.01. The standard InChI is InChI=1S/C14H19NO2/c1-4-14(17)12-7-5-6-8-13(12)15-10(2)9-11(3)16/h5-8,14,17H,4,9H2,1-3H3/b15-10+. The number of hydrogen-bond acceptors (Lipinski definition) is 3. The lowest BCUT2D eigenvalue weighted by molar-refractivity contribution is -0.115. The Morgan fingerprint density at radius 3 is 2.59 bits per heavy atom. The summed E-state index contributed by atoms with van der Waals surface area (Å²) in [7, 11) is 0. The quantitative estimate of drug-likeness (QED) is 0.794. The molecule has 1 aromatic carbocycles. The third-order valence-corrected chi connectivity index (χ3v) is 2.50. The monoisotopic (exact) mass is 233 g/mol. The number of Topliss-reactive ketones (excluding diaryl/α,β-unsaturated/α-hetero) is 1. The van der Waals surface area contributed by atoms with E-state index in [1.165, 1.54) is 0 Å². The number of nitrogens with zero attached hydrogens (tertiary/aromatic N) is 1. The Bertz CT molecular complexity index is 424. The predicted molar refractivity (Wildman–Crippen MR) is 69.8 cm³/mol. The summed E-state index contributed by atoms with van der Waals surface area (Å²) in [6, 6.07) is 7.49. The number of carbonyl (C=O) groups excluding carboxylic acids is 1. The first-order valence-electron chi connectivity index (χ1n) is 5.85. The minimum atomic E-state index is -0.500. The molecule has 0 aromatic heterocycles. The van der Waals surface area contributed by atoms with Gasteiger partial charge >= 0.3 is 0 Å². The number of aliphatic hydroxyl groups excluding tert-OH is 1. The molecule has 17 heavy (non-hydrogen) atoms. The molecule has 0 bridgehead atoms. The van der Waals surface area contributed by atoms with Crippen molar-refractivity contribution in [3.63, 3.8) is 0 Å². The van der Waals surface area contributed by atoms with E-state index in [2.05, 4.69) is 4.99 Å². The first-order chi connectivity index (χ1) is 8.04. The van der Waals surface area contributed by atoms with Gasteiger partial charge in [0.1, 0.15) is 5.78 Å². The minimum absolute atomic E-state index is 0.0970. The summed E-state index contributed by atoms with van der Waals surface area (Å²) in [5.74, 6) is 0.0970. The van der Waals surface area contributed by atoms with E-state index in [1.54, 1.807) is 6.92 Å². The molecule has 1 rings (SSSR count). The number of hydrogen-bond donors (Lipinski definition) is 1. The molecule has 0 fully saturated rings. The number of aliphatic imine (C=N–C) groups is 1. The molecule has 0 saturated heterocycles. The average Bonchev–Trinajstić information content (AvgIpc) is 2.27. The number of ketones is 1. The molecule has 92 valence electrons. The zero-order chi connectivity index (χ0) is 12.8. The van der Waals surface area contributed by atoms with Crippen LogP contribution >= 0.6 is 0 Å². The lowest BCUT2D eigenvalue weighted by atomic mass is 10.1. The van der Waals surface area contributed by atoms with E-state index < -0.39 is 6.10 Å². The number of para-hydroxylation sites is 1. The van der Waals surface area contributed by atoms with Crippen LogP contribution < -0.4 is 0 Å². The van der Waals surface area contributed by atoms with E-state index >= 15 is 0 Å². The molecule has 1 aromatic rings. The fourth-order valence-electron chi connectivity index (χ4n) is 1.70. The predicted octanol–water partition coefficient (Wildman–Crippen LogP) is 3.20. The van der Waals surface area contributed by atoms with Gasteiger partial charge in [0, 0.05) is 17.7 Å². The van der Waals surface area contributed by atoms with Gasteiger partial charge < -0.3 is 5.11 Å². The SMILES string of the molecule is CCC(O)c1ccccc1/N=C(\C)CC(C)=O. The van der Waals surface area contributed by atoms with E-state index in [0.717, 1.165) is 17.0 Å². The van der Waals surface area contributed by atoms with Gasteiger partial charge in [0.2, 0.25) is 0 Å². The second-order valence-corrected chi connectivity index (χ2v) is 4.21. The van der Waals surface area contributed by atoms with Gasteiger partial charge in [0.25, 0.3) is 0 Å². The largest absolute Gasteiger partial charge is 0.388 e. The summed E-state index contributed by atoms with van der Waals surface area (Å²) >= 11 is 0. The van der Waals surface area contributed by atoms with Crippen molar-refractivity contribution in [1.29, 1.82) is 0 Å². The smallest absolute Gasteiger partial charge is 0.135 e. The van der Waals surface area contributed by atoms with E-state index in [0.29, 0.717) is 12.8 Å². The van der Waals surface area contributed by atoms with Crippen molar-refractivity contribution in [2.45, 2.75) is 39.7 Å². The molecule has 1 atom stereocenters. The normalized spacial score (nSPS) is 13.5. The van der Waals surface area contributed by atoms with Crippen molar-refractivity contribution in [2.75, 3.05) is 0 Å². The van der Waals surface area contributed by atoms with Crippen LogP contribution in [0.3, 0.4) is 0 Å². The molecule has 0 aliphatic heterocycles. The van der Waals surface area contributed by atoms with Crippen LogP contribution in [-0.4, -0.2) is 16.6 Å². The highest BCUT2D eigenvalue weighted by Crippen LogP contribution is 2.27. The molecule has 0 radical (unpaired) electrons. The van der Waals surface area contributed by atoms with Crippen LogP contribution in [0, 0.1) is 0 Å². The lowest BCUT2D eigenvalue weighted by Gasteiger charge is -2.11. The highest BCUT2D eigenvalue weighted by atomic mass is 16.3. The average molecular weight is 233 g/mol. The highest BCUT2D eigenvalue weighted by Gasteiger charge is 2.09. The van der Waals surface area contributed by atoms with Crippen LogP contribution in [0.2, 0.25) is 0 Å². The Kier molecular flexibility index (Phi) is 5.04. The third-order valence-electron chi connectivity index (χ3n) is 2.50. The number of rotatable bonds is 5. The lowest BCUT2D eigenvalue weighted by Crippen LogP contribution is -2.01. The van der Waals surface area contributed by atoms with Crippen molar-refractivity contribution in [1.82, 2.24) is 0 Å². The van der Waals surface area contributed by atoms with Crippen molar-refractivity contribution in [3.8, 4) is 0 Å². The van der Waals surface area contributed by atoms with Crippen molar-refractivity contribution < 1.29 is 9.90 Å². The van der Waals surface area contributed by atoms with Crippen LogP contribution in [0.5, 0.6) is 0 Å². The summed E-state index contributed by atoms with van der Waals surface area (Å²) in [6.07, 6.45) is 0.509. The van der Waals surface area contributed by atoms with Crippen LogP contribution in [0.1, 0.15) is 45.3 Å². The maximum absolute atomic E-state index is 11.0. The van der Waals surface area contributed by atoms with Crippen LogP contribution in [0.4, 0.5) is 5.69 Å². The fraction of sp³-hybridized carbons (Fsp3) is 0.429. The third kappa shape index (κ3) is 4.11. The number of benzene rings is 1. The molecule has 0 aliphatic rings. The molecule has 0 saturated carbocycles.